The minimum atomic E-state index is -0.620. The van der Waals surface area contributed by atoms with Crippen molar-refractivity contribution < 1.29 is 18.4 Å². The number of carbonyl (C=O) groups excluding carboxylic acids is 2. The number of anilines is 2. The molecular weight excluding hydrogens is 342 g/mol. The first-order valence-electron chi connectivity index (χ1n) is 7.62. The van der Waals surface area contributed by atoms with Crippen molar-refractivity contribution in [1.82, 2.24) is 9.78 Å². The van der Waals surface area contributed by atoms with Gasteiger partial charge in [-0.05, 0) is 30.3 Å². The van der Waals surface area contributed by atoms with Crippen LogP contribution in [0.2, 0.25) is 0 Å². The highest BCUT2D eigenvalue weighted by Crippen LogP contribution is 2.20. The van der Waals surface area contributed by atoms with Gasteiger partial charge in [-0.15, -0.1) is 0 Å². The molecule has 2 amide bonds. The molecule has 0 saturated heterocycles. The highest BCUT2D eigenvalue weighted by molar-refractivity contribution is 6.04. The molecule has 0 unspecified atom stereocenters. The van der Waals surface area contributed by atoms with Gasteiger partial charge in [0.1, 0.15) is 17.3 Å². The molecule has 0 aliphatic heterocycles. The second-order valence-electron chi connectivity index (χ2n) is 5.45. The van der Waals surface area contributed by atoms with Gasteiger partial charge in [-0.3, -0.25) is 9.59 Å². The van der Waals surface area contributed by atoms with E-state index < -0.39 is 23.4 Å². The third-order valence-electron chi connectivity index (χ3n) is 3.48. The number of nitrogens with zero attached hydrogens (tertiary/aromatic N) is 2. The number of aromatic nitrogens is 2. The summed E-state index contributed by atoms with van der Waals surface area (Å²) in [5.41, 5.74) is 0.649. The maximum atomic E-state index is 13.8. The zero-order chi connectivity index (χ0) is 18.7. The summed E-state index contributed by atoms with van der Waals surface area (Å²) in [7, 11) is 0. The molecule has 0 aliphatic carbocycles. The standard InChI is InChI=1S/C18H14F2N4O2/c1-11(25)22-16-8-13(6-7-14(16)19)23-18(26)12-9-21-24(10-12)17-5-3-2-4-15(17)20/h2-10H,1H3,(H,22,25)(H,23,26). The van der Waals surface area contributed by atoms with Gasteiger partial charge in [0, 0.05) is 18.8 Å². The lowest BCUT2D eigenvalue weighted by atomic mass is 10.2. The number of amides is 2. The van der Waals surface area contributed by atoms with Crippen LogP contribution in [0.4, 0.5) is 20.2 Å². The summed E-state index contributed by atoms with van der Waals surface area (Å²) in [6, 6.07) is 9.82. The van der Waals surface area contributed by atoms with Gasteiger partial charge >= 0.3 is 0 Å². The van der Waals surface area contributed by atoms with Crippen molar-refractivity contribution in [3.8, 4) is 5.69 Å². The molecule has 0 fully saturated rings. The number of hydrogen-bond donors (Lipinski definition) is 2. The lowest BCUT2D eigenvalue weighted by Crippen LogP contribution is -2.12. The molecule has 132 valence electrons. The summed E-state index contributed by atoms with van der Waals surface area (Å²) in [6.45, 7) is 1.25. The van der Waals surface area contributed by atoms with Gasteiger partial charge in [-0.2, -0.15) is 5.10 Å². The lowest BCUT2D eigenvalue weighted by Gasteiger charge is -2.08. The molecule has 8 heteroatoms. The van der Waals surface area contributed by atoms with Gasteiger partial charge in [0.2, 0.25) is 5.91 Å². The summed E-state index contributed by atoms with van der Waals surface area (Å²) in [4.78, 5) is 23.4. The molecule has 0 atom stereocenters. The van der Waals surface area contributed by atoms with E-state index in [4.69, 9.17) is 0 Å². The number of para-hydroxylation sites is 1. The predicted molar refractivity (Wildman–Crippen MR) is 92.2 cm³/mol. The van der Waals surface area contributed by atoms with E-state index in [0.29, 0.717) is 5.69 Å². The average molecular weight is 356 g/mol. The van der Waals surface area contributed by atoms with Crippen LogP contribution in [0.25, 0.3) is 5.69 Å². The van der Waals surface area contributed by atoms with Crippen molar-refractivity contribution in [3.05, 3.63) is 72.1 Å². The van der Waals surface area contributed by atoms with E-state index in [1.807, 2.05) is 0 Å². The second kappa shape index (κ2) is 7.14. The van der Waals surface area contributed by atoms with Crippen LogP contribution in [0.15, 0.2) is 54.9 Å². The fourth-order valence-electron chi connectivity index (χ4n) is 2.30. The Balaban J connectivity index is 1.79. The second-order valence-corrected chi connectivity index (χ2v) is 5.45. The molecule has 3 rings (SSSR count). The Labute approximate surface area is 147 Å². The van der Waals surface area contributed by atoms with Gasteiger partial charge in [0.15, 0.2) is 0 Å². The quantitative estimate of drug-likeness (QED) is 0.753. The normalized spacial score (nSPS) is 10.4. The van der Waals surface area contributed by atoms with E-state index in [2.05, 4.69) is 15.7 Å². The molecule has 1 aromatic heterocycles. The highest BCUT2D eigenvalue weighted by Gasteiger charge is 2.13. The van der Waals surface area contributed by atoms with E-state index in [-0.39, 0.29) is 16.9 Å². The minimum absolute atomic E-state index is 0.0441. The summed E-state index contributed by atoms with van der Waals surface area (Å²) < 4.78 is 28.7. The number of hydrogen-bond acceptors (Lipinski definition) is 3. The number of carbonyl (C=O) groups is 2. The first-order valence-corrected chi connectivity index (χ1v) is 7.62. The number of nitrogens with one attached hydrogen (secondary N) is 2. The van der Waals surface area contributed by atoms with Gasteiger partial charge in [-0.1, -0.05) is 12.1 Å². The maximum absolute atomic E-state index is 13.8. The smallest absolute Gasteiger partial charge is 0.258 e. The van der Waals surface area contributed by atoms with Crippen LogP contribution in [0.3, 0.4) is 0 Å². The van der Waals surface area contributed by atoms with Crippen LogP contribution in [0, 0.1) is 11.6 Å². The van der Waals surface area contributed by atoms with E-state index in [1.54, 1.807) is 12.1 Å². The molecule has 1 heterocycles. The lowest BCUT2D eigenvalue weighted by molar-refractivity contribution is -0.114. The number of benzene rings is 2. The molecule has 0 aliphatic rings. The van der Waals surface area contributed by atoms with E-state index >= 15 is 0 Å². The van der Waals surface area contributed by atoms with Gasteiger partial charge < -0.3 is 10.6 Å². The number of halogens is 2. The Morgan fingerprint density at radius 1 is 1.04 bits per heavy atom. The third kappa shape index (κ3) is 3.75. The summed E-state index contributed by atoms with van der Waals surface area (Å²) >= 11 is 0. The van der Waals surface area contributed by atoms with Crippen molar-refractivity contribution in [1.29, 1.82) is 0 Å². The first kappa shape index (κ1) is 17.3. The van der Waals surface area contributed by atoms with Crippen LogP contribution in [0.1, 0.15) is 17.3 Å². The highest BCUT2D eigenvalue weighted by atomic mass is 19.1. The monoisotopic (exact) mass is 356 g/mol. The van der Waals surface area contributed by atoms with Crippen LogP contribution in [-0.2, 0) is 4.79 Å². The zero-order valence-electron chi connectivity index (χ0n) is 13.7. The van der Waals surface area contributed by atoms with Crippen molar-refractivity contribution >= 4 is 23.2 Å². The first-order chi connectivity index (χ1) is 12.4. The average Bonchev–Trinajstić information content (AvgIpc) is 3.08. The molecular formula is C18H14F2N4O2. The van der Waals surface area contributed by atoms with Gasteiger partial charge in [0.25, 0.3) is 5.91 Å². The SMILES string of the molecule is CC(=O)Nc1cc(NC(=O)c2cnn(-c3ccccc3F)c2)ccc1F. The zero-order valence-corrected chi connectivity index (χ0v) is 13.7. The van der Waals surface area contributed by atoms with Crippen molar-refractivity contribution in [2.24, 2.45) is 0 Å². The molecule has 2 N–H and O–H groups in total. The third-order valence-corrected chi connectivity index (χ3v) is 3.48. The molecule has 0 saturated carbocycles. The fraction of sp³-hybridized carbons (Fsp3) is 0.0556. The summed E-state index contributed by atoms with van der Waals surface area (Å²) in [5.74, 6) is -2.03. The van der Waals surface area contributed by atoms with Gasteiger partial charge in [0.05, 0.1) is 17.4 Å². The van der Waals surface area contributed by atoms with Crippen molar-refractivity contribution in [2.75, 3.05) is 10.6 Å². The minimum Gasteiger partial charge on any atom is -0.324 e. The fourth-order valence-corrected chi connectivity index (χ4v) is 2.30. The van der Waals surface area contributed by atoms with E-state index in [9.17, 15) is 18.4 Å². The Hall–Kier alpha value is -3.55. The molecule has 2 aromatic carbocycles. The predicted octanol–water partition coefficient (Wildman–Crippen LogP) is 3.36. The Kier molecular flexibility index (Phi) is 4.74. The molecule has 0 bridgehead atoms. The molecule has 6 nitrogen and oxygen atoms in total. The van der Waals surface area contributed by atoms with Crippen LogP contribution in [0.5, 0.6) is 0 Å². The van der Waals surface area contributed by atoms with Crippen molar-refractivity contribution in [2.45, 2.75) is 6.92 Å². The van der Waals surface area contributed by atoms with Crippen LogP contribution < -0.4 is 10.6 Å². The Morgan fingerprint density at radius 3 is 2.54 bits per heavy atom. The van der Waals surface area contributed by atoms with Crippen molar-refractivity contribution in [3.63, 3.8) is 0 Å². The molecule has 26 heavy (non-hydrogen) atoms. The van der Waals surface area contributed by atoms with E-state index in [0.717, 1.165) is 6.07 Å². The Morgan fingerprint density at radius 2 is 1.81 bits per heavy atom. The molecule has 0 radical (unpaired) electrons. The topological polar surface area (TPSA) is 76.0 Å². The maximum Gasteiger partial charge on any atom is 0.258 e. The van der Waals surface area contributed by atoms with Crippen LogP contribution in [-0.4, -0.2) is 21.6 Å². The summed E-state index contributed by atoms with van der Waals surface area (Å²) in [6.07, 6.45) is 2.67. The molecule has 0 spiro atoms. The van der Waals surface area contributed by atoms with Crippen LogP contribution >= 0.6 is 0 Å². The largest absolute Gasteiger partial charge is 0.324 e. The van der Waals surface area contributed by atoms with E-state index in [1.165, 1.54) is 48.3 Å². The Bertz CT molecular complexity index is 985. The molecule has 3 aromatic rings. The summed E-state index contributed by atoms with van der Waals surface area (Å²) in [5, 5.41) is 8.89. The van der Waals surface area contributed by atoms with Gasteiger partial charge in [-0.25, -0.2) is 13.5 Å². The number of rotatable bonds is 4.